The molecule has 4 aromatic rings. The lowest BCUT2D eigenvalue weighted by Crippen LogP contribution is -2.16. The average molecular weight is 603 g/mol. The summed E-state index contributed by atoms with van der Waals surface area (Å²) in [4.78, 5) is 12.0. The van der Waals surface area contributed by atoms with E-state index in [1.54, 1.807) is 18.2 Å². The minimum atomic E-state index is -4.02. The number of aromatic carboxylic acids is 1. The van der Waals surface area contributed by atoms with E-state index < -0.39 is 16.0 Å². The van der Waals surface area contributed by atoms with Gasteiger partial charge in [-0.2, -0.15) is 0 Å². The van der Waals surface area contributed by atoms with Gasteiger partial charge in [-0.1, -0.05) is 58.4 Å². The van der Waals surface area contributed by atoms with Crippen LogP contribution in [0.5, 0.6) is 17.2 Å². The van der Waals surface area contributed by atoms with Gasteiger partial charge in [0.25, 0.3) is 10.0 Å². The zero-order valence-corrected chi connectivity index (χ0v) is 25.7. The van der Waals surface area contributed by atoms with E-state index in [4.69, 9.17) is 9.47 Å². The molecule has 0 heterocycles. The van der Waals surface area contributed by atoms with Crippen LogP contribution >= 0.6 is 0 Å². The average Bonchev–Trinajstić information content (AvgIpc) is 2.97. The summed E-state index contributed by atoms with van der Waals surface area (Å²) in [5.41, 5.74) is 2.52. The van der Waals surface area contributed by atoms with Crippen LogP contribution in [-0.2, 0) is 22.0 Å². The van der Waals surface area contributed by atoms with Crippen LogP contribution in [0, 0.1) is 0 Å². The summed E-state index contributed by atoms with van der Waals surface area (Å²) in [6.45, 7) is 9.49. The first kappa shape index (κ1) is 31.4. The normalized spacial score (nSPS) is 11.5. The second-order valence-electron chi connectivity index (χ2n) is 11.2. The number of nitrogens with one attached hydrogen (secondary N) is 2. The third kappa shape index (κ3) is 8.75. The van der Waals surface area contributed by atoms with E-state index in [0.29, 0.717) is 30.3 Å². The van der Waals surface area contributed by atoms with Crippen LogP contribution in [0.15, 0.2) is 95.9 Å². The fourth-order valence-corrected chi connectivity index (χ4v) is 5.34. The fourth-order valence-electron chi connectivity index (χ4n) is 4.26. The Morgan fingerprint density at radius 2 is 1.56 bits per heavy atom. The summed E-state index contributed by atoms with van der Waals surface area (Å²) in [6, 6.07) is 26.1. The molecule has 226 valence electrons. The Morgan fingerprint density at radius 3 is 2.21 bits per heavy atom. The van der Waals surface area contributed by atoms with E-state index in [1.165, 1.54) is 29.8 Å². The van der Waals surface area contributed by atoms with Crippen molar-refractivity contribution in [1.29, 1.82) is 0 Å². The maximum atomic E-state index is 13.0. The zero-order valence-electron chi connectivity index (χ0n) is 24.9. The van der Waals surface area contributed by atoms with Crippen molar-refractivity contribution < 1.29 is 27.8 Å². The maximum Gasteiger partial charge on any atom is 0.337 e. The van der Waals surface area contributed by atoms with Gasteiger partial charge in [0.1, 0.15) is 17.2 Å². The topological polar surface area (TPSA) is 114 Å². The predicted molar refractivity (Wildman–Crippen MR) is 170 cm³/mol. The van der Waals surface area contributed by atoms with E-state index in [1.807, 2.05) is 36.4 Å². The molecule has 0 aromatic heterocycles. The molecule has 0 amide bonds. The highest BCUT2D eigenvalue weighted by molar-refractivity contribution is 7.92. The molecule has 9 heteroatoms. The predicted octanol–water partition coefficient (Wildman–Crippen LogP) is 8.07. The van der Waals surface area contributed by atoms with E-state index in [9.17, 15) is 18.3 Å². The smallest absolute Gasteiger partial charge is 0.337 e. The number of sulfonamides is 1. The van der Waals surface area contributed by atoms with E-state index in [2.05, 4.69) is 49.9 Å². The molecule has 0 bridgehead atoms. The number of benzene rings is 4. The molecule has 4 aromatic carbocycles. The number of carbonyl (C=O) groups is 1. The molecule has 0 saturated carbocycles. The van der Waals surface area contributed by atoms with Crippen molar-refractivity contribution in [3.05, 3.63) is 108 Å². The minimum Gasteiger partial charge on any atom is -0.494 e. The number of hydrogen-bond acceptors (Lipinski definition) is 6. The molecule has 0 atom stereocenters. The number of ether oxygens (including phenoxy) is 2. The molecule has 8 nitrogen and oxygen atoms in total. The molecule has 0 fully saturated rings. The Morgan fingerprint density at radius 1 is 0.860 bits per heavy atom. The van der Waals surface area contributed by atoms with Crippen molar-refractivity contribution in [2.75, 3.05) is 16.6 Å². The van der Waals surface area contributed by atoms with Crippen LogP contribution < -0.4 is 19.5 Å². The monoisotopic (exact) mass is 602 g/mol. The first-order chi connectivity index (χ1) is 20.4. The molecule has 43 heavy (non-hydrogen) atoms. The number of anilines is 2. The number of carboxylic acids is 1. The molecule has 0 radical (unpaired) electrons. The van der Waals surface area contributed by atoms with Gasteiger partial charge in [-0.3, -0.25) is 4.72 Å². The largest absolute Gasteiger partial charge is 0.494 e. The summed E-state index contributed by atoms with van der Waals surface area (Å²) in [6.07, 6.45) is 1.89. The SMILES string of the molecule is CCCCOc1ccc(S(=O)(=O)Nc2ccc(NCc3cccc(Oc4ccc(C(C)(C)C)cc4)c3)cc2C(=O)O)cc1. The van der Waals surface area contributed by atoms with Crippen molar-refractivity contribution >= 4 is 27.4 Å². The van der Waals surface area contributed by atoms with Gasteiger partial charge in [0.15, 0.2) is 0 Å². The number of unbranched alkanes of at least 4 members (excludes halogenated alkanes) is 1. The fraction of sp³-hybridized carbons (Fsp3) is 0.265. The van der Waals surface area contributed by atoms with Gasteiger partial charge < -0.3 is 19.9 Å². The van der Waals surface area contributed by atoms with Gasteiger partial charge in [0, 0.05) is 12.2 Å². The Hall–Kier alpha value is -4.50. The Kier molecular flexibility index (Phi) is 9.98. The minimum absolute atomic E-state index is 0.00104. The standard InChI is InChI=1S/C34H38N2O6S/c1-5-6-20-41-27-15-17-30(18-16-27)43(39,40)36-32-19-12-26(22-31(32)33(37)38)35-23-24-8-7-9-29(21-24)42-28-13-10-25(11-14-28)34(2,3)4/h7-19,21-22,35-36H,5-6,20,23H2,1-4H3,(H,37,38). The van der Waals surface area contributed by atoms with Gasteiger partial charge in [0.05, 0.1) is 22.8 Å². The third-order valence-electron chi connectivity index (χ3n) is 6.75. The van der Waals surface area contributed by atoms with Crippen molar-refractivity contribution in [2.45, 2.75) is 57.4 Å². The Bertz CT molecular complexity index is 1640. The molecule has 0 unspecified atom stereocenters. The van der Waals surface area contributed by atoms with Crippen LogP contribution in [0.3, 0.4) is 0 Å². The zero-order chi connectivity index (χ0) is 31.0. The van der Waals surface area contributed by atoms with Crippen LogP contribution in [-0.4, -0.2) is 26.1 Å². The van der Waals surface area contributed by atoms with Gasteiger partial charge >= 0.3 is 5.97 Å². The summed E-state index contributed by atoms with van der Waals surface area (Å²) in [5, 5.41) is 13.0. The second kappa shape index (κ2) is 13.6. The molecule has 0 aliphatic rings. The van der Waals surface area contributed by atoms with E-state index >= 15 is 0 Å². The Balaban J connectivity index is 1.41. The second-order valence-corrected chi connectivity index (χ2v) is 12.9. The van der Waals surface area contributed by atoms with Gasteiger partial charge in [-0.15, -0.1) is 0 Å². The summed E-state index contributed by atoms with van der Waals surface area (Å²) in [7, 11) is -4.02. The van der Waals surface area contributed by atoms with E-state index in [-0.39, 0.29) is 21.6 Å². The van der Waals surface area contributed by atoms with Crippen LogP contribution in [0.2, 0.25) is 0 Å². The Labute approximate surface area is 253 Å². The molecule has 0 aliphatic carbocycles. The summed E-state index contributed by atoms with van der Waals surface area (Å²) < 4.78 is 40.0. The molecule has 0 spiro atoms. The molecule has 0 saturated heterocycles. The van der Waals surface area contributed by atoms with Crippen LogP contribution in [0.25, 0.3) is 0 Å². The lowest BCUT2D eigenvalue weighted by atomic mass is 9.87. The molecule has 0 aliphatic heterocycles. The highest BCUT2D eigenvalue weighted by Gasteiger charge is 2.19. The third-order valence-corrected chi connectivity index (χ3v) is 8.13. The first-order valence-electron chi connectivity index (χ1n) is 14.2. The van der Waals surface area contributed by atoms with Crippen molar-refractivity contribution in [3.63, 3.8) is 0 Å². The maximum absolute atomic E-state index is 13.0. The van der Waals surface area contributed by atoms with Gasteiger partial charge in [-0.05, 0) is 89.7 Å². The molecular weight excluding hydrogens is 564 g/mol. The highest BCUT2D eigenvalue weighted by atomic mass is 32.2. The summed E-state index contributed by atoms with van der Waals surface area (Å²) in [5.74, 6) is 0.729. The molecule has 4 rings (SSSR count). The quantitative estimate of drug-likeness (QED) is 0.133. The van der Waals surface area contributed by atoms with Crippen molar-refractivity contribution in [1.82, 2.24) is 0 Å². The highest BCUT2D eigenvalue weighted by Crippen LogP contribution is 2.28. The van der Waals surface area contributed by atoms with Crippen LogP contribution in [0.1, 0.15) is 62.0 Å². The number of rotatable bonds is 13. The number of carboxylic acid groups (broad SMARTS) is 1. The first-order valence-corrected chi connectivity index (χ1v) is 15.7. The molecule has 3 N–H and O–H groups in total. The van der Waals surface area contributed by atoms with E-state index in [0.717, 1.165) is 24.2 Å². The van der Waals surface area contributed by atoms with Crippen molar-refractivity contribution in [2.24, 2.45) is 0 Å². The van der Waals surface area contributed by atoms with Crippen LogP contribution in [0.4, 0.5) is 11.4 Å². The number of hydrogen-bond donors (Lipinski definition) is 3. The lowest BCUT2D eigenvalue weighted by molar-refractivity contribution is 0.0698. The van der Waals surface area contributed by atoms with Gasteiger partial charge in [-0.25, -0.2) is 13.2 Å². The van der Waals surface area contributed by atoms with Gasteiger partial charge in [0.2, 0.25) is 0 Å². The lowest BCUT2D eigenvalue weighted by Gasteiger charge is -2.19. The molecular formula is C34H38N2O6S. The summed E-state index contributed by atoms with van der Waals surface area (Å²) >= 11 is 0. The van der Waals surface area contributed by atoms with Crippen molar-refractivity contribution in [3.8, 4) is 17.2 Å².